The molecule has 0 bridgehead atoms. The Labute approximate surface area is 155 Å². The smallest absolute Gasteiger partial charge is 0.246 e. The third kappa shape index (κ3) is 3.00. The summed E-state index contributed by atoms with van der Waals surface area (Å²) in [5.74, 6) is -1.22. The summed E-state index contributed by atoms with van der Waals surface area (Å²) in [4.78, 5) is 8.50. The van der Waals surface area contributed by atoms with Crippen molar-refractivity contribution in [1.29, 1.82) is 0 Å². The van der Waals surface area contributed by atoms with Gasteiger partial charge in [-0.3, -0.25) is 0 Å². The lowest BCUT2D eigenvalue weighted by atomic mass is 10.1. The lowest BCUT2D eigenvalue weighted by molar-refractivity contribution is 0.461. The maximum Gasteiger partial charge on any atom is 0.246 e. The first-order valence-corrected chi connectivity index (χ1v) is 10.1. The Bertz CT molecular complexity index is 1110. The Morgan fingerprint density at radius 2 is 2.07 bits per heavy atom. The van der Waals surface area contributed by atoms with Crippen molar-refractivity contribution in [1.82, 2.24) is 18.8 Å². The molecule has 1 aliphatic heterocycles. The van der Waals surface area contributed by atoms with E-state index in [1.807, 2.05) is 23.6 Å². The number of fused-ring (bicyclic) bond motifs is 1. The number of benzene rings is 1. The van der Waals surface area contributed by atoms with E-state index in [-0.39, 0.29) is 19.0 Å². The van der Waals surface area contributed by atoms with Gasteiger partial charge in [0.2, 0.25) is 10.0 Å². The number of rotatable bonds is 4. The molecule has 0 saturated carbocycles. The van der Waals surface area contributed by atoms with Crippen molar-refractivity contribution in [2.75, 3.05) is 13.1 Å². The Hall–Kier alpha value is -2.39. The van der Waals surface area contributed by atoms with E-state index < -0.39 is 26.6 Å². The molecule has 0 aliphatic carbocycles. The van der Waals surface area contributed by atoms with E-state index in [4.69, 9.17) is 0 Å². The standard InChI is InChI=1S/C18H18F2N4O2S/c1-2-24-17(22-15-4-3-8-21-18(15)24)12-7-9-23(11-12)27(25,26)16-6-5-13(19)10-14(16)20/h3-6,8,10,12H,2,7,9,11H2,1H3. The molecule has 3 heterocycles. The summed E-state index contributed by atoms with van der Waals surface area (Å²) < 4.78 is 55.9. The Morgan fingerprint density at radius 3 is 2.81 bits per heavy atom. The number of pyridine rings is 1. The van der Waals surface area contributed by atoms with Crippen molar-refractivity contribution >= 4 is 21.2 Å². The van der Waals surface area contributed by atoms with Crippen molar-refractivity contribution in [3.05, 3.63) is 54.0 Å². The van der Waals surface area contributed by atoms with Gasteiger partial charge in [-0.15, -0.1) is 0 Å². The van der Waals surface area contributed by atoms with Gasteiger partial charge in [-0.05, 0) is 37.6 Å². The number of hydrogen-bond acceptors (Lipinski definition) is 4. The lowest BCUT2D eigenvalue weighted by Gasteiger charge is -2.17. The molecule has 2 aromatic heterocycles. The van der Waals surface area contributed by atoms with Gasteiger partial charge in [-0.2, -0.15) is 4.31 Å². The van der Waals surface area contributed by atoms with Crippen molar-refractivity contribution < 1.29 is 17.2 Å². The fourth-order valence-electron chi connectivity index (χ4n) is 3.58. The molecule has 1 fully saturated rings. The van der Waals surface area contributed by atoms with Crippen LogP contribution in [0.25, 0.3) is 11.2 Å². The van der Waals surface area contributed by atoms with Gasteiger partial charge >= 0.3 is 0 Å². The number of aryl methyl sites for hydroxylation is 1. The van der Waals surface area contributed by atoms with Gasteiger partial charge in [0.15, 0.2) is 5.65 Å². The number of hydrogen-bond donors (Lipinski definition) is 0. The van der Waals surface area contributed by atoms with Crippen molar-refractivity contribution in [3.63, 3.8) is 0 Å². The third-order valence-electron chi connectivity index (χ3n) is 4.88. The van der Waals surface area contributed by atoms with Gasteiger partial charge in [0.05, 0.1) is 0 Å². The Morgan fingerprint density at radius 1 is 1.26 bits per heavy atom. The minimum Gasteiger partial charge on any atom is -0.313 e. The first kappa shape index (κ1) is 18.0. The summed E-state index contributed by atoms with van der Waals surface area (Å²) in [6.45, 7) is 3.10. The molecule has 6 nitrogen and oxygen atoms in total. The van der Waals surface area contributed by atoms with Crippen LogP contribution in [0.2, 0.25) is 0 Å². The molecule has 0 N–H and O–H groups in total. The van der Waals surface area contributed by atoms with Crippen LogP contribution in [-0.4, -0.2) is 40.3 Å². The van der Waals surface area contributed by atoms with E-state index in [0.29, 0.717) is 19.0 Å². The van der Waals surface area contributed by atoms with E-state index in [1.54, 1.807) is 6.20 Å². The highest BCUT2D eigenvalue weighted by atomic mass is 32.2. The van der Waals surface area contributed by atoms with Crippen LogP contribution >= 0.6 is 0 Å². The van der Waals surface area contributed by atoms with E-state index in [1.165, 1.54) is 4.31 Å². The van der Waals surface area contributed by atoms with Crippen molar-refractivity contribution in [2.24, 2.45) is 0 Å². The van der Waals surface area contributed by atoms with E-state index in [9.17, 15) is 17.2 Å². The first-order valence-electron chi connectivity index (χ1n) is 8.68. The van der Waals surface area contributed by atoms with Crippen LogP contribution in [0.1, 0.15) is 25.1 Å². The molecular weight excluding hydrogens is 374 g/mol. The summed E-state index contributed by atoms with van der Waals surface area (Å²) in [5, 5.41) is 0. The molecule has 3 aromatic rings. The van der Waals surface area contributed by atoms with Gasteiger partial charge in [0, 0.05) is 37.8 Å². The van der Waals surface area contributed by atoms with E-state index in [2.05, 4.69) is 9.97 Å². The number of halogens is 2. The quantitative estimate of drug-likeness (QED) is 0.685. The second-order valence-electron chi connectivity index (χ2n) is 6.48. The third-order valence-corrected chi connectivity index (χ3v) is 6.78. The SMILES string of the molecule is CCn1c(C2CCN(S(=O)(=O)c3ccc(F)cc3F)C2)nc2cccnc21. The molecule has 27 heavy (non-hydrogen) atoms. The minimum atomic E-state index is -4.04. The molecule has 1 unspecified atom stereocenters. The average Bonchev–Trinajstić information content (AvgIpc) is 3.26. The molecule has 0 spiro atoms. The molecule has 1 aliphatic rings. The van der Waals surface area contributed by atoms with Gasteiger partial charge in [-0.1, -0.05) is 0 Å². The molecule has 1 saturated heterocycles. The normalized spacial score (nSPS) is 18.4. The molecule has 9 heteroatoms. The summed E-state index contributed by atoms with van der Waals surface area (Å²) in [6, 6.07) is 6.18. The van der Waals surface area contributed by atoms with Gasteiger partial charge < -0.3 is 4.57 Å². The summed E-state index contributed by atoms with van der Waals surface area (Å²) in [5.41, 5.74) is 1.53. The van der Waals surface area contributed by atoms with Gasteiger partial charge in [0.25, 0.3) is 0 Å². The Balaban J connectivity index is 1.66. The van der Waals surface area contributed by atoms with Crippen LogP contribution in [0.15, 0.2) is 41.4 Å². The maximum atomic E-state index is 14.0. The second-order valence-corrected chi connectivity index (χ2v) is 8.39. The summed E-state index contributed by atoms with van der Waals surface area (Å²) in [7, 11) is -4.04. The van der Waals surface area contributed by atoms with Crippen molar-refractivity contribution in [2.45, 2.75) is 30.7 Å². The van der Waals surface area contributed by atoms with Crippen molar-refractivity contribution in [3.8, 4) is 0 Å². The van der Waals surface area contributed by atoms with Crippen LogP contribution in [0.4, 0.5) is 8.78 Å². The van der Waals surface area contributed by atoms with Gasteiger partial charge in [-0.25, -0.2) is 27.2 Å². The Kier molecular flexibility index (Phi) is 4.43. The van der Waals surface area contributed by atoms with E-state index in [0.717, 1.165) is 29.1 Å². The molecule has 1 aromatic carbocycles. The number of sulfonamides is 1. The monoisotopic (exact) mass is 392 g/mol. The average molecular weight is 392 g/mol. The summed E-state index contributed by atoms with van der Waals surface area (Å²) >= 11 is 0. The van der Waals surface area contributed by atoms with Crippen LogP contribution in [-0.2, 0) is 16.6 Å². The number of aromatic nitrogens is 3. The molecule has 142 valence electrons. The second kappa shape index (κ2) is 6.65. The topological polar surface area (TPSA) is 68.1 Å². The largest absolute Gasteiger partial charge is 0.313 e. The van der Waals surface area contributed by atoms with E-state index >= 15 is 0 Å². The van der Waals surface area contributed by atoms with Crippen LogP contribution in [0.3, 0.4) is 0 Å². The van der Waals surface area contributed by atoms with Crippen LogP contribution in [0.5, 0.6) is 0 Å². The highest BCUT2D eigenvalue weighted by molar-refractivity contribution is 7.89. The van der Waals surface area contributed by atoms with Gasteiger partial charge in [0.1, 0.15) is 27.9 Å². The predicted molar refractivity (Wildman–Crippen MR) is 95.7 cm³/mol. The number of imidazole rings is 1. The van der Waals surface area contributed by atoms with Crippen LogP contribution < -0.4 is 0 Å². The molecule has 0 radical (unpaired) electrons. The zero-order valence-corrected chi connectivity index (χ0v) is 15.5. The van der Waals surface area contributed by atoms with Crippen LogP contribution in [0, 0.1) is 11.6 Å². The fourth-order valence-corrected chi connectivity index (χ4v) is 5.13. The maximum absolute atomic E-state index is 14.0. The zero-order valence-electron chi connectivity index (χ0n) is 14.6. The molecule has 0 amide bonds. The lowest BCUT2D eigenvalue weighted by Crippen LogP contribution is -2.29. The highest BCUT2D eigenvalue weighted by Gasteiger charge is 2.36. The number of nitrogens with zero attached hydrogens (tertiary/aromatic N) is 4. The minimum absolute atomic E-state index is 0.113. The molecular formula is C18H18F2N4O2S. The first-order chi connectivity index (χ1) is 12.9. The molecule has 1 atom stereocenters. The predicted octanol–water partition coefficient (Wildman–Crippen LogP) is 2.91. The fraction of sp³-hybridized carbons (Fsp3) is 0.333. The highest BCUT2D eigenvalue weighted by Crippen LogP contribution is 2.32. The molecule has 4 rings (SSSR count). The zero-order chi connectivity index (χ0) is 19.2. The summed E-state index contributed by atoms with van der Waals surface area (Å²) in [6.07, 6.45) is 2.27.